The minimum absolute atomic E-state index is 0.138. The van der Waals surface area contributed by atoms with Gasteiger partial charge in [0.1, 0.15) is 5.75 Å². The molecule has 0 aromatic heterocycles. The lowest BCUT2D eigenvalue weighted by molar-refractivity contribution is -0.117. The van der Waals surface area contributed by atoms with Crippen molar-refractivity contribution in [3.8, 4) is 17.9 Å². The molecule has 0 aliphatic heterocycles. The van der Waals surface area contributed by atoms with Gasteiger partial charge in [-0.3, -0.25) is 9.59 Å². The Bertz CT molecular complexity index is 878. The van der Waals surface area contributed by atoms with E-state index in [-0.39, 0.29) is 11.1 Å². The molecule has 2 rings (SSSR count). The predicted octanol–water partition coefficient (Wildman–Crippen LogP) is 2.92. The van der Waals surface area contributed by atoms with E-state index in [2.05, 4.69) is 5.32 Å². The van der Waals surface area contributed by atoms with Crippen molar-refractivity contribution in [3.63, 3.8) is 0 Å². The van der Waals surface area contributed by atoms with Gasteiger partial charge in [-0.2, -0.15) is 10.5 Å². The van der Waals surface area contributed by atoms with Crippen LogP contribution in [0.2, 0.25) is 0 Å². The first-order chi connectivity index (χ1) is 12.1. The molecule has 2 aromatic carbocycles. The van der Waals surface area contributed by atoms with Crippen LogP contribution in [0.4, 0.5) is 5.69 Å². The maximum absolute atomic E-state index is 12.5. The van der Waals surface area contributed by atoms with Crippen LogP contribution in [0, 0.1) is 28.6 Å². The Hall–Kier alpha value is -3.64. The van der Waals surface area contributed by atoms with Crippen molar-refractivity contribution in [1.82, 2.24) is 0 Å². The molecule has 1 amide bonds. The Balaban J connectivity index is 2.23. The molecule has 0 radical (unpaired) electrons. The number of nitrogens with one attached hydrogen (secondary N) is 1. The fourth-order valence-electron chi connectivity index (χ4n) is 2.20. The number of nitriles is 2. The van der Waals surface area contributed by atoms with Crippen molar-refractivity contribution in [2.75, 3.05) is 11.9 Å². The fourth-order valence-corrected chi connectivity index (χ4v) is 2.20. The molecule has 0 aliphatic rings. The van der Waals surface area contributed by atoms with Crippen molar-refractivity contribution in [2.45, 2.75) is 6.92 Å². The molecule has 6 nitrogen and oxygen atoms in total. The van der Waals surface area contributed by atoms with Crippen LogP contribution in [0.25, 0.3) is 0 Å². The third kappa shape index (κ3) is 4.21. The molecule has 1 N–H and O–H groups in total. The van der Waals surface area contributed by atoms with Crippen LogP contribution in [-0.2, 0) is 4.79 Å². The highest BCUT2D eigenvalue weighted by atomic mass is 16.5. The Labute approximate surface area is 145 Å². The SMILES string of the molecule is CCOc1ccccc1NC(=O)[C@H](C#N)C(=O)c1cccc(C#N)c1. The van der Waals surface area contributed by atoms with E-state index in [1.165, 1.54) is 24.3 Å². The molecule has 0 saturated carbocycles. The van der Waals surface area contributed by atoms with Crippen LogP contribution in [0.3, 0.4) is 0 Å². The van der Waals surface area contributed by atoms with Gasteiger partial charge in [0.2, 0.25) is 5.91 Å². The maximum atomic E-state index is 12.5. The molecule has 0 spiro atoms. The van der Waals surface area contributed by atoms with Crippen molar-refractivity contribution < 1.29 is 14.3 Å². The third-order valence-electron chi connectivity index (χ3n) is 3.37. The number of benzene rings is 2. The zero-order valence-electron chi connectivity index (χ0n) is 13.5. The van der Waals surface area contributed by atoms with Gasteiger partial charge in [0.25, 0.3) is 0 Å². The number of hydrogen-bond acceptors (Lipinski definition) is 5. The molecular formula is C19H15N3O3. The van der Waals surface area contributed by atoms with Gasteiger partial charge in [0, 0.05) is 5.56 Å². The summed E-state index contributed by atoms with van der Waals surface area (Å²) in [6.45, 7) is 2.22. The molecule has 0 fully saturated rings. The number of ether oxygens (including phenoxy) is 1. The summed E-state index contributed by atoms with van der Waals surface area (Å²) in [7, 11) is 0. The maximum Gasteiger partial charge on any atom is 0.249 e. The van der Waals surface area contributed by atoms with Crippen LogP contribution in [0.15, 0.2) is 48.5 Å². The van der Waals surface area contributed by atoms with Crippen LogP contribution >= 0.6 is 0 Å². The second-order valence-electron chi connectivity index (χ2n) is 5.04. The van der Waals surface area contributed by atoms with E-state index in [9.17, 15) is 14.9 Å². The van der Waals surface area contributed by atoms with E-state index >= 15 is 0 Å². The number of nitrogens with zero attached hydrogens (tertiary/aromatic N) is 2. The van der Waals surface area contributed by atoms with Gasteiger partial charge in [-0.05, 0) is 31.2 Å². The number of carbonyl (C=O) groups excluding carboxylic acids is 2. The predicted molar refractivity (Wildman–Crippen MR) is 90.8 cm³/mol. The summed E-state index contributed by atoms with van der Waals surface area (Å²) in [6, 6.07) is 16.3. The molecule has 6 heteroatoms. The number of para-hydroxylation sites is 2. The second-order valence-corrected chi connectivity index (χ2v) is 5.04. The molecule has 25 heavy (non-hydrogen) atoms. The highest BCUT2D eigenvalue weighted by molar-refractivity contribution is 6.15. The fraction of sp³-hybridized carbons (Fsp3) is 0.158. The van der Waals surface area contributed by atoms with Crippen LogP contribution in [-0.4, -0.2) is 18.3 Å². The summed E-state index contributed by atoms with van der Waals surface area (Å²) in [5.74, 6) is -2.48. The summed E-state index contributed by atoms with van der Waals surface area (Å²) >= 11 is 0. The lowest BCUT2D eigenvalue weighted by Gasteiger charge is -2.13. The minimum atomic E-state index is -1.52. The largest absolute Gasteiger partial charge is 0.492 e. The number of rotatable bonds is 6. The van der Waals surface area contributed by atoms with Crippen molar-refractivity contribution in [1.29, 1.82) is 10.5 Å². The molecule has 0 saturated heterocycles. The average Bonchev–Trinajstić information content (AvgIpc) is 2.64. The lowest BCUT2D eigenvalue weighted by Crippen LogP contribution is -2.29. The van der Waals surface area contributed by atoms with Crippen molar-refractivity contribution in [2.24, 2.45) is 5.92 Å². The Morgan fingerprint density at radius 2 is 1.92 bits per heavy atom. The highest BCUT2D eigenvalue weighted by Crippen LogP contribution is 2.24. The first-order valence-corrected chi connectivity index (χ1v) is 7.57. The number of anilines is 1. The van der Waals surface area contributed by atoms with Crippen LogP contribution < -0.4 is 10.1 Å². The van der Waals surface area contributed by atoms with Crippen molar-refractivity contribution >= 4 is 17.4 Å². The van der Waals surface area contributed by atoms with Crippen molar-refractivity contribution in [3.05, 3.63) is 59.7 Å². The summed E-state index contributed by atoms with van der Waals surface area (Å²) < 4.78 is 5.41. The van der Waals surface area contributed by atoms with E-state index < -0.39 is 17.6 Å². The van der Waals surface area contributed by atoms with Gasteiger partial charge in [-0.25, -0.2) is 0 Å². The molecular weight excluding hydrogens is 318 g/mol. The van der Waals surface area contributed by atoms with Crippen LogP contribution in [0.1, 0.15) is 22.8 Å². The number of ketones is 1. The minimum Gasteiger partial charge on any atom is -0.492 e. The van der Waals surface area contributed by atoms with Gasteiger partial charge in [0.15, 0.2) is 11.7 Å². The van der Waals surface area contributed by atoms with Gasteiger partial charge < -0.3 is 10.1 Å². The molecule has 0 aliphatic carbocycles. The summed E-state index contributed by atoms with van der Waals surface area (Å²) in [5, 5.41) is 20.7. The normalized spacial score (nSPS) is 10.8. The molecule has 1 atom stereocenters. The zero-order chi connectivity index (χ0) is 18.2. The van der Waals surface area contributed by atoms with Gasteiger partial charge in [-0.15, -0.1) is 0 Å². The van der Waals surface area contributed by atoms with Gasteiger partial charge in [0.05, 0.1) is 30.0 Å². The van der Waals surface area contributed by atoms with E-state index in [1.54, 1.807) is 30.3 Å². The number of hydrogen-bond donors (Lipinski definition) is 1. The standard InChI is InChI=1S/C19H15N3O3/c1-2-25-17-9-4-3-8-16(17)22-19(24)15(12-21)18(23)14-7-5-6-13(10-14)11-20/h3-10,15H,2H2,1H3,(H,22,24)/t15-/m1/s1. The van der Waals surface area contributed by atoms with Crippen LogP contribution in [0.5, 0.6) is 5.75 Å². The second kappa shape index (κ2) is 8.28. The Morgan fingerprint density at radius 3 is 2.60 bits per heavy atom. The summed E-state index contributed by atoms with van der Waals surface area (Å²) in [6.07, 6.45) is 0. The lowest BCUT2D eigenvalue weighted by atomic mass is 9.96. The Morgan fingerprint density at radius 1 is 1.16 bits per heavy atom. The molecule has 0 bridgehead atoms. The van der Waals surface area contributed by atoms with Gasteiger partial charge >= 0.3 is 0 Å². The zero-order valence-corrected chi connectivity index (χ0v) is 13.5. The highest BCUT2D eigenvalue weighted by Gasteiger charge is 2.28. The van der Waals surface area contributed by atoms with E-state index in [4.69, 9.17) is 10.00 Å². The third-order valence-corrected chi connectivity index (χ3v) is 3.37. The number of carbonyl (C=O) groups is 2. The molecule has 0 unspecified atom stereocenters. The van der Waals surface area contributed by atoms with Gasteiger partial charge in [-0.1, -0.05) is 24.3 Å². The first kappa shape index (κ1) is 17.7. The Kier molecular flexibility index (Phi) is 5.86. The molecule has 2 aromatic rings. The smallest absolute Gasteiger partial charge is 0.249 e. The number of Topliss-reactive ketones (excluding diaryl/α,β-unsaturated/α-hetero) is 1. The molecule has 0 heterocycles. The quantitative estimate of drug-likeness (QED) is 0.646. The summed E-state index contributed by atoms with van der Waals surface area (Å²) in [5.41, 5.74) is 0.802. The van der Waals surface area contributed by atoms with E-state index in [0.717, 1.165) is 0 Å². The average molecular weight is 333 g/mol. The first-order valence-electron chi connectivity index (χ1n) is 7.57. The van der Waals surface area contributed by atoms with E-state index in [1.807, 2.05) is 13.0 Å². The monoisotopic (exact) mass is 333 g/mol. The van der Waals surface area contributed by atoms with E-state index in [0.29, 0.717) is 18.0 Å². The topological polar surface area (TPSA) is 103 Å². The number of amides is 1. The summed E-state index contributed by atoms with van der Waals surface area (Å²) in [4.78, 5) is 24.9. The molecule has 124 valence electrons.